The van der Waals surface area contributed by atoms with Gasteiger partial charge in [0, 0.05) is 19.1 Å². The second-order valence-electron chi connectivity index (χ2n) is 6.94. The lowest BCUT2D eigenvalue weighted by atomic mass is 10.0. The summed E-state index contributed by atoms with van der Waals surface area (Å²) in [4.78, 5) is 25.6. The van der Waals surface area contributed by atoms with Crippen molar-refractivity contribution in [2.24, 2.45) is 0 Å². The van der Waals surface area contributed by atoms with Crippen molar-refractivity contribution in [3.63, 3.8) is 0 Å². The van der Waals surface area contributed by atoms with Gasteiger partial charge in [0.1, 0.15) is 5.60 Å². The van der Waals surface area contributed by atoms with Crippen LogP contribution in [-0.4, -0.2) is 41.6 Å². The minimum Gasteiger partial charge on any atom is -0.444 e. The van der Waals surface area contributed by atoms with Gasteiger partial charge in [0.05, 0.1) is 5.56 Å². The fourth-order valence-corrected chi connectivity index (χ4v) is 2.50. The molecular formula is C17H21F3N2O3. The van der Waals surface area contributed by atoms with Crippen LogP contribution in [0.2, 0.25) is 0 Å². The number of nitrogens with zero attached hydrogens (tertiary/aromatic N) is 1. The Labute approximate surface area is 144 Å². The number of benzene rings is 1. The summed E-state index contributed by atoms with van der Waals surface area (Å²) in [7, 11) is 0. The van der Waals surface area contributed by atoms with Crippen LogP contribution in [0.1, 0.15) is 44.0 Å². The number of nitrogens with one attached hydrogen (secondary N) is 1. The lowest BCUT2D eigenvalue weighted by Crippen LogP contribution is -2.47. The summed E-state index contributed by atoms with van der Waals surface area (Å²) in [5.41, 5.74) is -1.14. The molecule has 1 aliphatic heterocycles. The highest BCUT2D eigenvalue weighted by Gasteiger charge is 2.28. The number of halogens is 3. The third kappa shape index (κ3) is 4.87. The third-order valence-electron chi connectivity index (χ3n) is 3.76. The van der Waals surface area contributed by atoms with Crippen molar-refractivity contribution < 1.29 is 27.5 Å². The summed E-state index contributed by atoms with van der Waals surface area (Å²) in [6.07, 6.45) is 0.482. The molecule has 1 saturated heterocycles. The number of carbonyl (C=O) groups is 2. The standard InChI is InChI=1S/C17H21F3N2O3/c1-17(2,3)25-16(24)22-8-6-10(7-9-22)21-15(23)11-4-5-12(18)14(20)13(11)19/h4-5,10H,6-9H2,1-3H3,(H,21,23). The summed E-state index contributed by atoms with van der Waals surface area (Å²) < 4.78 is 45.1. The van der Waals surface area contributed by atoms with Gasteiger partial charge in [0.2, 0.25) is 0 Å². The molecule has 1 heterocycles. The summed E-state index contributed by atoms with van der Waals surface area (Å²) in [6, 6.07) is 1.32. The fourth-order valence-electron chi connectivity index (χ4n) is 2.50. The van der Waals surface area contributed by atoms with E-state index in [1.165, 1.54) is 4.90 Å². The zero-order chi connectivity index (χ0) is 18.8. The van der Waals surface area contributed by atoms with Crippen LogP contribution in [0.15, 0.2) is 12.1 Å². The number of hydrogen-bond acceptors (Lipinski definition) is 3. The summed E-state index contributed by atoms with van der Waals surface area (Å²) in [5, 5.41) is 2.58. The van der Waals surface area contributed by atoms with Crippen LogP contribution in [0.3, 0.4) is 0 Å². The number of piperidine rings is 1. The number of rotatable bonds is 2. The van der Waals surface area contributed by atoms with Gasteiger partial charge in [-0.05, 0) is 45.7 Å². The summed E-state index contributed by atoms with van der Waals surface area (Å²) in [5.74, 6) is -5.34. The molecule has 0 aromatic heterocycles. The number of likely N-dealkylation sites (tertiary alicyclic amines) is 1. The normalized spacial score (nSPS) is 15.8. The molecule has 0 radical (unpaired) electrons. The van der Waals surface area contributed by atoms with Crippen LogP contribution in [0.4, 0.5) is 18.0 Å². The van der Waals surface area contributed by atoms with Crippen LogP contribution in [0.25, 0.3) is 0 Å². The van der Waals surface area contributed by atoms with Gasteiger partial charge in [-0.15, -0.1) is 0 Å². The Hall–Kier alpha value is -2.25. The van der Waals surface area contributed by atoms with Crippen molar-refractivity contribution in [3.8, 4) is 0 Å². The minimum atomic E-state index is -1.67. The van der Waals surface area contributed by atoms with E-state index in [1.807, 2.05) is 0 Å². The minimum absolute atomic E-state index is 0.293. The Morgan fingerprint density at radius 2 is 1.72 bits per heavy atom. The van der Waals surface area contributed by atoms with Gasteiger partial charge >= 0.3 is 6.09 Å². The highest BCUT2D eigenvalue weighted by Crippen LogP contribution is 2.18. The van der Waals surface area contributed by atoms with E-state index in [1.54, 1.807) is 20.8 Å². The molecule has 0 saturated carbocycles. The lowest BCUT2D eigenvalue weighted by Gasteiger charge is -2.33. The molecule has 0 atom stereocenters. The van der Waals surface area contributed by atoms with Gasteiger partial charge in [-0.1, -0.05) is 0 Å². The number of carbonyl (C=O) groups excluding carboxylic acids is 2. The lowest BCUT2D eigenvalue weighted by molar-refractivity contribution is 0.0199. The molecule has 2 rings (SSSR count). The van der Waals surface area contributed by atoms with E-state index in [9.17, 15) is 22.8 Å². The van der Waals surface area contributed by atoms with Gasteiger partial charge in [-0.25, -0.2) is 18.0 Å². The van der Waals surface area contributed by atoms with Gasteiger partial charge in [0.15, 0.2) is 17.5 Å². The highest BCUT2D eigenvalue weighted by molar-refractivity contribution is 5.94. The molecule has 0 unspecified atom stereocenters. The van der Waals surface area contributed by atoms with Crippen LogP contribution >= 0.6 is 0 Å². The molecule has 1 fully saturated rings. The van der Waals surface area contributed by atoms with Crippen LogP contribution in [0, 0.1) is 17.5 Å². The monoisotopic (exact) mass is 358 g/mol. The maximum atomic E-state index is 13.6. The number of hydrogen-bond donors (Lipinski definition) is 1. The Morgan fingerprint density at radius 3 is 2.28 bits per heavy atom. The van der Waals surface area contributed by atoms with E-state index in [0.717, 1.165) is 6.07 Å². The first kappa shape index (κ1) is 19.1. The Kier molecular flexibility index (Phi) is 5.59. The van der Waals surface area contributed by atoms with Gasteiger partial charge in [-0.3, -0.25) is 4.79 Å². The molecule has 1 aromatic carbocycles. The molecule has 5 nitrogen and oxygen atoms in total. The number of ether oxygens (including phenoxy) is 1. The van der Waals surface area contributed by atoms with Crippen molar-refractivity contribution in [3.05, 3.63) is 35.1 Å². The van der Waals surface area contributed by atoms with E-state index in [2.05, 4.69) is 5.32 Å². The topological polar surface area (TPSA) is 58.6 Å². The SMILES string of the molecule is CC(C)(C)OC(=O)N1CCC(NC(=O)c2ccc(F)c(F)c2F)CC1. The maximum absolute atomic E-state index is 13.6. The molecular weight excluding hydrogens is 337 g/mol. The summed E-state index contributed by atoms with van der Waals surface area (Å²) >= 11 is 0. The van der Waals surface area contributed by atoms with Gasteiger partial charge < -0.3 is 15.0 Å². The maximum Gasteiger partial charge on any atom is 0.410 e. The smallest absolute Gasteiger partial charge is 0.410 e. The van der Waals surface area contributed by atoms with Crippen LogP contribution in [-0.2, 0) is 4.74 Å². The fraction of sp³-hybridized carbons (Fsp3) is 0.529. The predicted molar refractivity (Wildman–Crippen MR) is 84.6 cm³/mol. The third-order valence-corrected chi connectivity index (χ3v) is 3.76. The van der Waals surface area contributed by atoms with Crippen molar-refractivity contribution in [1.82, 2.24) is 10.2 Å². The Balaban J connectivity index is 1.91. The molecule has 0 bridgehead atoms. The molecule has 1 N–H and O–H groups in total. The number of amides is 2. The molecule has 2 amide bonds. The molecule has 1 aliphatic rings. The summed E-state index contributed by atoms with van der Waals surface area (Å²) in [6.45, 7) is 6.07. The van der Waals surface area contributed by atoms with E-state index >= 15 is 0 Å². The average Bonchev–Trinajstić information content (AvgIpc) is 2.51. The average molecular weight is 358 g/mol. The zero-order valence-electron chi connectivity index (χ0n) is 14.4. The largest absolute Gasteiger partial charge is 0.444 e. The molecule has 8 heteroatoms. The zero-order valence-corrected chi connectivity index (χ0v) is 14.4. The first-order valence-electron chi connectivity index (χ1n) is 8.01. The second-order valence-corrected chi connectivity index (χ2v) is 6.94. The first-order valence-corrected chi connectivity index (χ1v) is 8.01. The van der Waals surface area contributed by atoms with Crippen molar-refractivity contribution in [2.45, 2.75) is 45.3 Å². The molecule has 138 valence electrons. The van der Waals surface area contributed by atoms with E-state index in [4.69, 9.17) is 4.74 Å². The first-order chi connectivity index (χ1) is 11.6. The quantitative estimate of drug-likeness (QED) is 0.826. The molecule has 0 aliphatic carbocycles. The molecule has 1 aromatic rings. The second kappa shape index (κ2) is 7.33. The van der Waals surface area contributed by atoms with E-state index in [-0.39, 0.29) is 6.04 Å². The van der Waals surface area contributed by atoms with Gasteiger partial charge in [0.25, 0.3) is 5.91 Å². The van der Waals surface area contributed by atoms with Gasteiger partial charge in [-0.2, -0.15) is 0 Å². The molecule has 0 spiro atoms. The van der Waals surface area contributed by atoms with Crippen LogP contribution in [0.5, 0.6) is 0 Å². The van der Waals surface area contributed by atoms with E-state index < -0.39 is 40.6 Å². The molecule has 25 heavy (non-hydrogen) atoms. The van der Waals surface area contributed by atoms with Crippen LogP contribution < -0.4 is 5.32 Å². The highest BCUT2D eigenvalue weighted by atomic mass is 19.2. The Bertz CT molecular complexity index is 666. The van der Waals surface area contributed by atoms with Crippen molar-refractivity contribution >= 4 is 12.0 Å². The Morgan fingerprint density at radius 1 is 1.12 bits per heavy atom. The predicted octanol–water partition coefficient (Wildman–Crippen LogP) is 3.23. The van der Waals surface area contributed by atoms with Crippen molar-refractivity contribution in [1.29, 1.82) is 0 Å². The van der Waals surface area contributed by atoms with Crippen molar-refractivity contribution in [2.75, 3.05) is 13.1 Å². The van der Waals surface area contributed by atoms with E-state index in [0.29, 0.717) is 32.0 Å².